The van der Waals surface area contributed by atoms with Crippen LogP contribution in [0.4, 0.5) is 0 Å². The maximum Gasteiger partial charge on any atom is 0.258 e. The zero-order valence-electron chi connectivity index (χ0n) is 16.3. The fraction of sp³-hybridized carbons (Fsp3) is 0.667. The van der Waals surface area contributed by atoms with Crippen LogP contribution in [-0.2, 0) is 14.9 Å². The standard InChI is InChI=1S/C21H32N2O3/c1-21(2,3)18-6-4-5-7-19(18)26-15-20(24)22-16-8-11-23(12-9-16)17-10-13-25-14-17/h4-7,16-17H,8-15H2,1-3H3,(H,22,24)/t17-/m0/s1. The van der Waals surface area contributed by atoms with E-state index in [4.69, 9.17) is 9.47 Å². The van der Waals surface area contributed by atoms with E-state index >= 15 is 0 Å². The summed E-state index contributed by atoms with van der Waals surface area (Å²) in [6, 6.07) is 8.79. The van der Waals surface area contributed by atoms with E-state index in [0.29, 0.717) is 6.04 Å². The lowest BCUT2D eigenvalue weighted by atomic mass is 9.86. The van der Waals surface area contributed by atoms with E-state index in [-0.39, 0.29) is 24.0 Å². The lowest BCUT2D eigenvalue weighted by Gasteiger charge is -2.35. The number of nitrogens with one attached hydrogen (secondary N) is 1. The molecule has 0 spiro atoms. The molecule has 1 amide bonds. The quantitative estimate of drug-likeness (QED) is 0.877. The lowest BCUT2D eigenvalue weighted by molar-refractivity contribution is -0.124. The number of ether oxygens (including phenoxy) is 2. The minimum absolute atomic E-state index is 0.0101. The predicted molar refractivity (Wildman–Crippen MR) is 103 cm³/mol. The number of rotatable bonds is 5. The molecule has 0 unspecified atom stereocenters. The number of hydrogen-bond acceptors (Lipinski definition) is 4. The first-order valence-corrected chi connectivity index (χ1v) is 9.77. The average Bonchev–Trinajstić information content (AvgIpc) is 3.15. The number of hydrogen-bond donors (Lipinski definition) is 1. The van der Waals surface area contributed by atoms with Crippen LogP contribution in [0.25, 0.3) is 0 Å². The third-order valence-corrected chi connectivity index (χ3v) is 5.37. The molecule has 0 saturated carbocycles. The van der Waals surface area contributed by atoms with Gasteiger partial charge in [0.15, 0.2) is 6.61 Å². The summed E-state index contributed by atoms with van der Waals surface area (Å²) in [6.45, 7) is 10.3. The van der Waals surface area contributed by atoms with Crippen LogP contribution in [-0.4, -0.2) is 55.8 Å². The number of carbonyl (C=O) groups is 1. The van der Waals surface area contributed by atoms with Crippen molar-refractivity contribution >= 4 is 5.91 Å². The Labute approximate surface area is 157 Å². The van der Waals surface area contributed by atoms with Gasteiger partial charge in [0.25, 0.3) is 5.91 Å². The first-order chi connectivity index (χ1) is 12.4. The smallest absolute Gasteiger partial charge is 0.258 e. The van der Waals surface area contributed by atoms with E-state index in [2.05, 4.69) is 37.1 Å². The predicted octanol–water partition coefficient (Wildman–Crippen LogP) is 2.73. The topological polar surface area (TPSA) is 50.8 Å². The highest BCUT2D eigenvalue weighted by atomic mass is 16.5. The Bertz CT molecular complexity index is 598. The van der Waals surface area contributed by atoms with Gasteiger partial charge in [-0.05, 0) is 36.3 Å². The molecule has 0 aliphatic carbocycles. The van der Waals surface area contributed by atoms with E-state index in [9.17, 15) is 4.79 Å². The highest BCUT2D eigenvalue weighted by molar-refractivity contribution is 5.77. The molecule has 0 bridgehead atoms. The van der Waals surface area contributed by atoms with E-state index < -0.39 is 0 Å². The van der Waals surface area contributed by atoms with E-state index in [1.165, 1.54) is 0 Å². The Kier molecular flexibility index (Phi) is 6.20. The van der Waals surface area contributed by atoms with Crippen LogP contribution in [0, 0.1) is 0 Å². The summed E-state index contributed by atoms with van der Waals surface area (Å²) in [5.74, 6) is 0.766. The van der Waals surface area contributed by atoms with Crippen LogP contribution in [0.5, 0.6) is 5.75 Å². The Balaban J connectivity index is 1.44. The normalized spacial score (nSPS) is 22.3. The molecule has 1 aromatic rings. The van der Waals surface area contributed by atoms with Gasteiger partial charge in [0.05, 0.1) is 6.61 Å². The van der Waals surface area contributed by atoms with Crippen molar-refractivity contribution in [3.05, 3.63) is 29.8 Å². The number of nitrogens with zero attached hydrogens (tertiary/aromatic N) is 1. The maximum absolute atomic E-state index is 12.3. The highest BCUT2D eigenvalue weighted by Gasteiger charge is 2.28. The van der Waals surface area contributed by atoms with Gasteiger partial charge < -0.3 is 14.8 Å². The van der Waals surface area contributed by atoms with Gasteiger partial charge in [0, 0.05) is 31.8 Å². The SMILES string of the molecule is CC(C)(C)c1ccccc1OCC(=O)NC1CCN([C@H]2CCOC2)CC1. The minimum Gasteiger partial charge on any atom is -0.483 e. The summed E-state index contributed by atoms with van der Waals surface area (Å²) in [4.78, 5) is 14.8. The monoisotopic (exact) mass is 360 g/mol. The molecule has 2 saturated heterocycles. The van der Waals surface area contributed by atoms with Crippen LogP contribution < -0.4 is 10.1 Å². The van der Waals surface area contributed by atoms with Crippen molar-refractivity contribution in [1.82, 2.24) is 10.2 Å². The maximum atomic E-state index is 12.3. The Morgan fingerprint density at radius 1 is 1.23 bits per heavy atom. The molecule has 5 heteroatoms. The van der Waals surface area contributed by atoms with Gasteiger partial charge in [0.2, 0.25) is 0 Å². The molecule has 3 rings (SSSR count). The lowest BCUT2D eigenvalue weighted by Crippen LogP contribution is -2.49. The molecule has 1 N–H and O–H groups in total. The van der Waals surface area contributed by atoms with Crippen molar-refractivity contribution in [3.8, 4) is 5.75 Å². The van der Waals surface area contributed by atoms with Crippen LogP contribution in [0.1, 0.15) is 45.6 Å². The van der Waals surface area contributed by atoms with Gasteiger partial charge in [0.1, 0.15) is 5.75 Å². The Hall–Kier alpha value is -1.59. The second-order valence-electron chi connectivity index (χ2n) is 8.43. The van der Waals surface area contributed by atoms with Crippen molar-refractivity contribution in [3.63, 3.8) is 0 Å². The molecule has 144 valence electrons. The molecule has 0 aromatic heterocycles. The van der Waals surface area contributed by atoms with Gasteiger partial charge in [-0.2, -0.15) is 0 Å². The second kappa shape index (κ2) is 8.40. The summed E-state index contributed by atoms with van der Waals surface area (Å²) in [7, 11) is 0. The van der Waals surface area contributed by atoms with Crippen LogP contribution in [0.3, 0.4) is 0 Å². The number of amides is 1. The molecule has 0 radical (unpaired) electrons. The van der Waals surface area contributed by atoms with Crippen molar-refractivity contribution in [2.45, 2.75) is 57.5 Å². The molecule has 2 aliphatic heterocycles. The van der Waals surface area contributed by atoms with Crippen molar-refractivity contribution in [2.75, 3.05) is 32.9 Å². The van der Waals surface area contributed by atoms with Gasteiger partial charge in [-0.1, -0.05) is 39.0 Å². The van der Waals surface area contributed by atoms with Crippen LogP contribution >= 0.6 is 0 Å². The number of piperidine rings is 1. The highest BCUT2D eigenvalue weighted by Crippen LogP contribution is 2.30. The molecule has 1 atom stereocenters. The summed E-state index contributed by atoms with van der Waals surface area (Å²) >= 11 is 0. The molecular weight excluding hydrogens is 328 g/mol. The van der Waals surface area contributed by atoms with Gasteiger partial charge >= 0.3 is 0 Å². The third kappa shape index (κ3) is 4.98. The number of carbonyl (C=O) groups excluding carboxylic acids is 1. The van der Waals surface area contributed by atoms with Crippen LogP contribution in [0.15, 0.2) is 24.3 Å². The summed E-state index contributed by atoms with van der Waals surface area (Å²) in [5.41, 5.74) is 1.11. The summed E-state index contributed by atoms with van der Waals surface area (Å²) < 4.78 is 11.3. The molecule has 2 fully saturated rings. The zero-order valence-corrected chi connectivity index (χ0v) is 16.3. The second-order valence-corrected chi connectivity index (χ2v) is 8.43. The van der Waals surface area contributed by atoms with E-state index in [1.54, 1.807) is 0 Å². The fourth-order valence-corrected chi connectivity index (χ4v) is 3.84. The van der Waals surface area contributed by atoms with Crippen molar-refractivity contribution in [2.24, 2.45) is 0 Å². The third-order valence-electron chi connectivity index (χ3n) is 5.37. The average molecular weight is 360 g/mol. The van der Waals surface area contributed by atoms with Crippen molar-refractivity contribution in [1.29, 1.82) is 0 Å². The molecule has 26 heavy (non-hydrogen) atoms. The Morgan fingerprint density at radius 2 is 1.96 bits per heavy atom. The number of para-hydroxylation sites is 1. The largest absolute Gasteiger partial charge is 0.483 e. The molecular formula is C21H32N2O3. The fourth-order valence-electron chi connectivity index (χ4n) is 3.84. The number of likely N-dealkylation sites (tertiary alicyclic amines) is 1. The van der Waals surface area contributed by atoms with E-state index in [0.717, 1.165) is 56.9 Å². The first kappa shape index (κ1) is 19.2. The first-order valence-electron chi connectivity index (χ1n) is 9.77. The molecule has 2 heterocycles. The van der Waals surface area contributed by atoms with Gasteiger partial charge in [-0.15, -0.1) is 0 Å². The Morgan fingerprint density at radius 3 is 2.62 bits per heavy atom. The molecule has 2 aliphatic rings. The van der Waals surface area contributed by atoms with Gasteiger partial charge in [-0.3, -0.25) is 9.69 Å². The summed E-state index contributed by atoms with van der Waals surface area (Å²) in [5, 5.41) is 3.14. The minimum atomic E-state index is -0.0311. The zero-order chi connectivity index (χ0) is 18.6. The van der Waals surface area contributed by atoms with Crippen LogP contribution in [0.2, 0.25) is 0 Å². The summed E-state index contributed by atoms with van der Waals surface area (Å²) in [6.07, 6.45) is 3.14. The van der Waals surface area contributed by atoms with E-state index in [1.807, 2.05) is 18.2 Å². The van der Waals surface area contributed by atoms with Gasteiger partial charge in [-0.25, -0.2) is 0 Å². The molecule has 1 aromatic carbocycles. The number of benzene rings is 1. The van der Waals surface area contributed by atoms with Crippen molar-refractivity contribution < 1.29 is 14.3 Å². The molecule has 5 nitrogen and oxygen atoms in total.